The van der Waals surface area contributed by atoms with E-state index >= 15 is 0 Å². The molecule has 4 nitrogen and oxygen atoms in total. The largest absolute Gasteiger partial charge is 0.364 e. The first-order chi connectivity index (χ1) is 9.01. The van der Waals surface area contributed by atoms with Crippen molar-refractivity contribution in [3.8, 4) is 0 Å². The van der Waals surface area contributed by atoms with E-state index < -0.39 is 6.10 Å². The van der Waals surface area contributed by atoms with Gasteiger partial charge >= 0.3 is 0 Å². The van der Waals surface area contributed by atoms with Gasteiger partial charge in [-0.2, -0.15) is 0 Å². The van der Waals surface area contributed by atoms with Gasteiger partial charge < -0.3 is 15.8 Å². The summed E-state index contributed by atoms with van der Waals surface area (Å²) in [7, 11) is 0. The zero-order valence-electron chi connectivity index (χ0n) is 10.6. The molecule has 0 saturated carbocycles. The van der Waals surface area contributed by atoms with Gasteiger partial charge in [0.15, 0.2) is 0 Å². The van der Waals surface area contributed by atoms with E-state index in [-0.39, 0.29) is 12.0 Å². The number of hydrogen-bond acceptors (Lipinski definition) is 3. The Kier molecular flexibility index (Phi) is 5.00. The van der Waals surface area contributed by atoms with Crippen LogP contribution in [0.15, 0.2) is 21.1 Å². The van der Waals surface area contributed by atoms with Crippen LogP contribution in [0, 0.1) is 6.92 Å². The van der Waals surface area contributed by atoms with Crippen LogP contribution < -0.4 is 11.1 Å². The number of nitrogens with one attached hydrogen (secondary N) is 1. The average molecular weight is 392 g/mol. The Morgan fingerprint density at radius 2 is 2.05 bits per heavy atom. The molecule has 1 aliphatic rings. The third kappa shape index (κ3) is 3.56. The Bertz CT molecular complexity index is 471. The minimum atomic E-state index is -0.409. The van der Waals surface area contributed by atoms with E-state index in [4.69, 9.17) is 10.5 Å². The lowest BCUT2D eigenvalue weighted by Gasteiger charge is -2.15. The minimum Gasteiger partial charge on any atom is -0.364 e. The summed E-state index contributed by atoms with van der Waals surface area (Å²) in [6, 6.07) is 3.91. The van der Waals surface area contributed by atoms with Crippen molar-refractivity contribution in [2.45, 2.75) is 32.0 Å². The Labute approximate surface area is 129 Å². The van der Waals surface area contributed by atoms with Crippen molar-refractivity contribution in [3.63, 3.8) is 0 Å². The first-order valence-electron chi connectivity index (χ1n) is 6.13. The standard InChI is InChI=1S/C13H16Br2N2O2/c1-7-4-9(14)12(10(15)5-7)17-13(18)11-3-2-8(6-16)19-11/h4-5,8,11H,2-3,6,16H2,1H3,(H,17,18). The molecule has 19 heavy (non-hydrogen) atoms. The minimum absolute atomic E-state index is 0.000601. The lowest BCUT2D eigenvalue weighted by atomic mass is 10.2. The van der Waals surface area contributed by atoms with Gasteiger partial charge in [-0.05, 0) is 69.3 Å². The van der Waals surface area contributed by atoms with Gasteiger partial charge in [0.25, 0.3) is 5.91 Å². The second kappa shape index (κ2) is 6.35. The molecule has 1 aliphatic heterocycles. The summed E-state index contributed by atoms with van der Waals surface area (Å²) in [5.41, 5.74) is 7.38. The molecule has 0 radical (unpaired) electrons. The fourth-order valence-electron chi connectivity index (χ4n) is 2.09. The lowest BCUT2D eigenvalue weighted by molar-refractivity contribution is -0.126. The normalized spacial score (nSPS) is 22.5. The molecule has 0 spiro atoms. The van der Waals surface area contributed by atoms with E-state index in [9.17, 15) is 4.79 Å². The average Bonchev–Trinajstić information content (AvgIpc) is 2.82. The first-order valence-corrected chi connectivity index (χ1v) is 7.72. The quantitative estimate of drug-likeness (QED) is 0.832. The van der Waals surface area contributed by atoms with Crippen molar-refractivity contribution in [2.75, 3.05) is 11.9 Å². The number of nitrogens with two attached hydrogens (primary N) is 1. The number of carbonyl (C=O) groups is 1. The Balaban J connectivity index is 2.08. The number of rotatable bonds is 3. The van der Waals surface area contributed by atoms with Gasteiger partial charge in [-0.25, -0.2) is 0 Å². The number of hydrogen-bond donors (Lipinski definition) is 2. The summed E-state index contributed by atoms with van der Waals surface area (Å²) in [4.78, 5) is 12.1. The smallest absolute Gasteiger partial charge is 0.253 e. The van der Waals surface area contributed by atoms with Crippen molar-refractivity contribution < 1.29 is 9.53 Å². The number of carbonyl (C=O) groups excluding carboxylic acids is 1. The molecule has 0 bridgehead atoms. The lowest BCUT2D eigenvalue weighted by Crippen LogP contribution is -2.30. The van der Waals surface area contributed by atoms with E-state index in [0.29, 0.717) is 6.54 Å². The van der Waals surface area contributed by atoms with E-state index in [1.807, 2.05) is 19.1 Å². The van der Waals surface area contributed by atoms with E-state index in [2.05, 4.69) is 37.2 Å². The van der Waals surface area contributed by atoms with Crippen LogP contribution in [0.3, 0.4) is 0 Å². The third-order valence-corrected chi connectivity index (χ3v) is 4.35. The predicted molar refractivity (Wildman–Crippen MR) is 82.2 cm³/mol. The summed E-state index contributed by atoms with van der Waals surface area (Å²) in [5.74, 6) is -0.124. The first kappa shape index (κ1) is 15.0. The summed E-state index contributed by atoms with van der Waals surface area (Å²) >= 11 is 6.91. The number of halogens is 2. The fourth-order valence-corrected chi connectivity index (χ4v) is 3.71. The van der Waals surface area contributed by atoms with E-state index in [0.717, 1.165) is 33.0 Å². The monoisotopic (exact) mass is 390 g/mol. The molecule has 1 amide bonds. The maximum absolute atomic E-state index is 12.1. The topological polar surface area (TPSA) is 64.4 Å². The van der Waals surface area contributed by atoms with Crippen molar-refractivity contribution in [1.82, 2.24) is 0 Å². The molecule has 1 heterocycles. The predicted octanol–water partition coefficient (Wildman–Crippen LogP) is 2.96. The van der Waals surface area contributed by atoms with Gasteiger partial charge in [-0.1, -0.05) is 0 Å². The summed E-state index contributed by atoms with van der Waals surface area (Å²) in [6.45, 7) is 2.45. The molecule has 1 saturated heterocycles. The van der Waals surface area contributed by atoms with Crippen molar-refractivity contribution in [1.29, 1.82) is 0 Å². The summed E-state index contributed by atoms with van der Waals surface area (Å²) < 4.78 is 7.28. The van der Waals surface area contributed by atoms with Crippen LogP contribution in [0.5, 0.6) is 0 Å². The van der Waals surface area contributed by atoms with Crippen molar-refractivity contribution in [3.05, 3.63) is 26.6 Å². The second-order valence-electron chi connectivity index (χ2n) is 4.65. The van der Waals surface area contributed by atoms with Crippen LogP contribution in [-0.4, -0.2) is 24.7 Å². The molecule has 1 fully saturated rings. The molecule has 1 aromatic rings. The molecule has 1 aromatic carbocycles. The van der Waals surface area contributed by atoms with E-state index in [1.165, 1.54) is 0 Å². The SMILES string of the molecule is Cc1cc(Br)c(NC(=O)C2CCC(CN)O2)c(Br)c1. The van der Waals surface area contributed by atoms with Gasteiger partial charge in [0.1, 0.15) is 6.10 Å². The Hall–Kier alpha value is -0.430. The molecule has 0 aliphatic carbocycles. The van der Waals surface area contributed by atoms with Crippen LogP contribution >= 0.6 is 31.9 Å². The number of ether oxygens (including phenoxy) is 1. The molecular formula is C13H16Br2N2O2. The highest BCUT2D eigenvalue weighted by Crippen LogP contribution is 2.33. The molecule has 104 valence electrons. The van der Waals surface area contributed by atoms with Crippen LogP contribution in [0.4, 0.5) is 5.69 Å². The number of anilines is 1. The second-order valence-corrected chi connectivity index (χ2v) is 6.36. The molecular weight excluding hydrogens is 376 g/mol. The molecule has 3 N–H and O–H groups in total. The molecule has 2 unspecified atom stereocenters. The maximum Gasteiger partial charge on any atom is 0.253 e. The highest BCUT2D eigenvalue weighted by molar-refractivity contribution is 9.11. The number of amides is 1. The third-order valence-electron chi connectivity index (χ3n) is 3.10. The highest BCUT2D eigenvalue weighted by Gasteiger charge is 2.30. The molecule has 0 aromatic heterocycles. The summed E-state index contributed by atoms with van der Waals surface area (Å²) in [6.07, 6.45) is 1.15. The van der Waals surface area contributed by atoms with Crippen molar-refractivity contribution in [2.24, 2.45) is 5.73 Å². The molecule has 6 heteroatoms. The van der Waals surface area contributed by atoms with Crippen LogP contribution in [0.2, 0.25) is 0 Å². The molecule has 2 atom stereocenters. The van der Waals surface area contributed by atoms with Gasteiger partial charge in [-0.3, -0.25) is 4.79 Å². The summed E-state index contributed by atoms with van der Waals surface area (Å²) in [5, 5.41) is 2.89. The van der Waals surface area contributed by atoms with E-state index in [1.54, 1.807) is 0 Å². The number of benzene rings is 1. The van der Waals surface area contributed by atoms with Gasteiger partial charge in [-0.15, -0.1) is 0 Å². The Morgan fingerprint density at radius 3 is 2.58 bits per heavy atom. The Morgan fingerprint density at radius 1 is 1.42 bits per heavy atom. The maximum atomic E-state index is 12.1. The van der Waals surface area contributed by atoms with Gasteiger partial charge in [0.05, 0.1) is 11.8 Å². The highest BCUT2D eigenvalue weighted by atomic mass is 79.9. The van der Waals surface area contributed by atoms with Crippen LogP contribution in [0.1, 0.15) is 18.4 Å². The number of aryl methyl sites for hydroxylation is 1. The fraction of sp³-hybridized carbons (Fsp3) is 0.462. The van der Waals surface area contributed by atoms with Gasteiger partial charge in [0, 0.05) is 15.5 Å². The van der Waals surface area contributed by atoms with Crippen LogP contribution in [0.25, 0.3) is 0 Å². The molecule has 2 rings (SSSR count). The van der Waals surface area contributed by atoms with Crippen molar-refractivity contribution >= 4 is 43.5 Å². The zero-order chi connectivity index (χ0) is 14.0. The zero-order valence-corrected chi connectivity index (χ0v) is 13.8. The van der Waals surface area contributed by atoms with Crippen LogP contribution in [-0.2, 0) is 9.53 Å². The van der Waals surface area contributed by atoms with Gasteiger partial charge in [0.2, 0.25) is 0 Å².